The quantitative estimate of drug-likeness (QED) is 0.118. The molecular formula is C28H52Sn. The summed E-state index contributed by atoms with van der Waals surface area (Å²) in [7, 11) is 0. The van der Waals surface area contributed by atoms with E-state index in [1.54, 1.807) is 0 Å². The monoisotopic (exact) mass is 508 g/mol. The van der Waals surface area contributed by atoms with E-state index in [0.29, 0.717) is 29.6 Å². The number of rotatable bonds is 15. The molecule has 168 valence electrons. The Morgan fingerprint density at radius 3 is 1.66 bits per heavy atom. The molecule has 0 aliphatic rings. The van der Waals surface area contributed by atoms with Crippen LogP contribution in [0.2, 0.25) is 13.3 Å². The summed E-state index contributed by atoms with van der Waals surface area (Å²) >= 11 is -2.35. The minimum absolute atomic E-state index is 0.414. The molecule has 0 radical (unpaired) electrons. The molecule has 0 amide bonds. The molecule has 5 atom stereocenters. The molecule has 0 spiro atoms. The fraction of sp³-hybridized carbons (Fsp3) is 0.786. The maximum atomic E-state index is 4.52. The fourth-order valence-corrected chi connectivity index (χ4v) is 17.8. The Balaban J connectivity index is 5.45. The SMILES string of the molecule is C=CC(C)C(C)C(C)C(=C)C(C)C(C)C#[C][Sn]([CH2]CCC)([CH2]CCC)[CH2]CCC. The number of unbranched alkanes of at least 4 members (excludes halogenated alkanes) is 3. The van der Waals surface area contributed by atoms with Gasteiger partial charge < -0.3 is 0 Å². The van der Waals surface area contributed by atoms with E-state index in [1.165, 1.54) is 57.4 Å². The van der Waals surface area contributed by atoms with Crippen LogP contribution in [0.15, 0.2) is 24.8 Å². The summed E-state index contributed by atoms with van der Waals surface area (Å²) in [6.07, 6.45) is 10.2. The number of hydrogen-bond donors (Lipinski definition) is 0. The molecule has 0 saturated carbocycles. The summed E-state index contributed by atoms with van der Waals surface area (Å²) in [5, 5.41) is 0. The van der Waals surface area contributed by atoms with E-state index in [9.17, 15) is 0 Å². The Kier molecular flexibility index (Phi) is 15.5. The first-order valence-corrected chi connectivity index (χ1v) is 20.0. The topological polar surface area (TPSA) is 0 Å². The molecule has 0 fully saturated rings. The average Bonchev–Trinajstić information content (AvgIpc) is 2.74. The van der Waals surface area contributed by atoms with E-state index in [1.807, 2.05) is 0 Å². The summed E-state index contributed by atoms with van der Waals surface area (Å²) in [5.74, 6) is 6.32. The van der Waals surface area contributed by atoms with Crippen LogP contribution < -0.4 is 0 Å². The van der Waals surface area contributed by atoms with Gasteiger partial charge >= 0.3 is 190 Å². The van der Waals surface area contributed by atoms with Crippen LogP contribution in [0.25, 0.3) is 0 Å². The van der Waals surface area contributed by atoms with Gasteiger partial charge in [0, 0.05) is 0 Å². The second-order valence-corrected chi connectivity index (χ2v) is 22.1. The summed E-state index contributed by atoms with van der Waals surface area (Å²) in [5.41, 5.74) is 1.38. The van der Waals surface area contributed by atoms with Gasteiger partial charge in [-0.15, -0.1) is 0 Å². The van der Waals surface area contributed by atoms with Crippen molar-refractivity contribution in [3.8, 4) is 9.86 Å². The zero-order valence-corrected chi connectivity index (χ0v) is 24.1. The molecule has 0 nitrogen and oxygen atoms in total. The van der Waals surface area contributed by atoms with Crippen molar-refractivity contribution < 1.29 is 0 Å². The normalized spacial score (nSPS) is 16.8. The van der Waals surface area contributed by atoms with Crippen molar-refractivity contribution in [3.63, 3.8) is 0 Å². The van der Waals surface area contributed by atoms with Crippen molar-refractivity contribution in [2.45, 2.75) is 107 Å². The van der Waals surface area contributed by atoms with Gasteiger partial charge in [-0.1, -0.05) is 0 Å². The van der Waals surface area contributed by atoms with Gasteiger partial charge in [0.25, 0.3) is 0 Å². The molecule has 0 heterocycles. The van der Waals surface area contributed by atoms with E-state index in [4.69, 9.17) is 0 Å². The Morgan fingerprint density at radius 1 is 0.828 bits per heavy atom. The van der Waals surface area contributed by atoms with Crippen LogP contribution in [0.4, 0.5) is 0 Å². The molecule has 0 rings (SSSR count). The van der Waals surface area contributed by atoms with Crippen LogP contribution in [0.1, 0.15) is 93.9 Å². The first-order valence-electron chi connectivity index (χ1n) is 12.5. The van der Waals surface area contributed by atoms with Crippen LogP contribution in [0, 0.1) is 39.4 Å². The van der Waals surface area contributed by atoms with Gasteiger partial charge in [-0.05, 0) is 0 Å². The van der Waals surface area contributed by atoms with E-state index in [2.05, 4.69) is 84.5 Å². The van der Waals surface area contributed by atoms with Crippen molar-refractivity contribution in [2.24, 2.45) is 29.6 Å². The summed E-state index contributed by atoms with van der Waals surface area (Å²) in [6.45, 7) is 27.2. The fourth-order valence-electron chi connectivity index (χ4n) is 4.24. The van der Waals surface area contributed by atoms with Crippen LogP contribution >= 0.6 is 0 Å². The molecule has 0 aliphatic heterocycles. The molecule has 0 bridgehead atoms. The van der Waals surface area contributed by atoms with Gasteiger partial charge in [0.1, 0.15) is 0 Å². The Labute approximate surface area is 189 Å². The van der Waals surface area contributed by atoms with Crippen molar-refractivity contribution >= 4 is 18.4 Å². The third kappa shape index (κ3) is 10.1. The summed E-state index contributed by atoms with van der Waals surface area (Å²) < 4.78 is 8.51. The molecule has 29 heavy (non-hydrogen) atoms. The van der Waals surface area contributed by atoms with Gasteiger partial charge in [-0.3, -0.25) is 0 Å². The molecular weight excluding hydrogens is 455 g/mol. The number of allylic oxidation sites excluding steroid dienone is 2. The summed E-state index contributed by atoms with van der Waals surface area (Å²) in [6, 6.07) is 0. The van der Waals surface area contributed by atoms with Crippen molar-refractivity contribution in [1.82, 2.24) is 0 Å². The van der Waals surface area contributed by atoms with E-state index in [0.717, 1.165) is 0 Å². The van der Waals surface area contributed by atoms with Crippen LogP contribution in [0.5, 0.6) is 0 Å². The standard InChI is InChI=1S/C16H25.3C4H9.Sn/c1-9-11(3)13(5)15(7)16(8)14(6)12(4)10-2;3*1-3-4-2;/h9,11-15H,1,8H2,3-7H3;3*1,3-4H2,2H3;. The molecule has 5 unspecified atom stereocenters. The predicted molar refractivity (Wildman–Crippen MR) is 138 cm³/mol. The van der Waals surface area contributed by atoms with Crippen molar-refractivity contribution in [2.75, 3.05) is 0 Å². The first-order chi connectivity index (χ1) is 13.7. The minimum atomic E-state index is -2.35. The molecule has 1 heteroatoms. The third-order valence-electron chi connectivity index (χ3n) is 7.50. The van der Waals surface area contributed by atoms with Gasteiger partial charge in [0.15, 0.2) is 0 Å². The van der Waals surface area contributed by atoms with E-state index in [-0.39, 0.29) is 0 Å². The Hall–Kier alpha value is -0.161. The Bertz CT molecular complexity index is 498. The van der Waals surface area contributed by atoms with Gasteiger partial charge in [-0.2, -0.15) is 0 Å². The first kappa shape index (κ1) is 28.8. The van der Waals surface area contributed by atoms with Crippen LogP contribution in [0.3, 0.4) is 0 Å². The Morgan fingerprint density at radius 2 is 1.28 bits per heavy atom. The van der Waals surface area contributed by atoms with Gasteiger partial charge in [-0.25, -0.2) is 0 Å². The predicted octanol–water partition coefficient (Wildman–Crippen LogP) is 9.30. The zero-order valence-electron chi connectivity index (χ0n) is 21.2. The second kappa shape index (κ2) is 15.6. The van der Waals surface area contributed by atoms with Crippen molar-refractivity contribution in [3.05, 3.63) is 24.8 Å². The van der Waals surface area contributed by atoms with Gasteiger partial charge in [0.05, 0.1) is 0 Å². The molecule has 0 aromatic heterocycles. The molecule has 0 aromatic carbocycles. The van der Waals surface area contributed by atoms with Crippen LogP contribution in [-0.4, -0.2) is 18.4 Å². The van der Waals surface area contributed by atoms with E-state index < -0.39 is 18.4 Å². The number of hydrogen-bond acceptors (Lipinski definition) is 0. The maximum absolute atomic E-state index is 4.52. The van der Waals surface area contributed by atoms with Gasteiger partial charge in [0.2, 0.25) is 0 Å². The third-order valence-corrected chi connectivity index (χ3v) is 20.6. The van der Waals surface area contributed by atoms with Crippen LogP contribution in [-0.2, 0) is 0 Å². The molecule has 0 aliphatic carbocycles. The molecule has 0 N–H and O–H groups in total. The molecule has 0 aromatic rings. The van der Waals surface area contributed by atoms with Crippen molar-refractivity contribution in [1.29, 1.82) is 0 Å². The van der Waals surface area contributed by atoms with E-state index >= 15 is 0 Å². The molecule has 0 saturated heterocycles. The summed E-state index contributed by atoms with van der Waals surface area (Å²) in [4.78, 5) is 0. The average molecular weight is 507 g/mol. The zero-order chi connectivity index (χ0) is 22.4. The second-order valence-electron chi connectivity index (χ2n) is 9.76.